The topological polar surface area (TPSA) is 99.3 Å². The SMILES string of the molecule is CCN(CC)C(=O)C(=O)c1c[nH]c2cc(NS(=O)(=O)c3ccc4c(Cl)cccc4c3)ccc12. The number of hydrogen-bond donors (Lipinski definition) is 2. The number of likely N-dealkylation sites (N-methyl/N-ethyl adjacent to an activating group) is 1. The molecule has 1 aromatic heterocycles. The number of halogens is 1. The Hall–Kier alpha value is -3.36. The maximum atomic E-state index is 13.0. The van der Waals surface area contributed by atoms with Gasteiger partial charge in [-0.25, -0.2) is 8.42 Å². The molecule has 7 nitrogen and oxygen atoms in total. The third kappa shape index (κ3) is 4.31. The minimum absolute atomic E-state index is 0.101. The number of nitrogens with zero attached hydrogens (tertiary/aromatic N) is 1. The van der Waals surface area contributed by atoms with Crippen LogP contribution in [0.25, 0.3) is 21.7 Å². The number of nitrogens with one attached hydrogen (secondary N) is 2. The van der Waals surface area contributed by atoms with Crippen molar-refractivity contribution in [3.05, 3.63) is 71.4 Å². The van der Waals surface area contributed by atoms with Crippen molar-refractivity contribution in [3.63, 3.8) is 0 Å². The minimum atomic E-state index is -3.86. The van der Waals surface area contributed by atoms with Gasteiger partial charge in [0.05, 0.1) is 16.1 Å². The van der Waals surface area contributed by atoms with Crippen molar-refractivity contribution in [1.82, 2.24) is 9.88 Å². The number of rotatable bonds is 7. The molecule has 0 atom stereocenters. The number of ketones is 1. The predicted molar refractivity (Wildman–Crippen MR) is 130 cm³/mol. The summed E-state index contributed by atoms with van der Waals surface area (Å²) in [6.45, 7) is 4.51. The highest BCUT2D eigenvalue weighted by Crippen LogP contribution is 2.28. The summed E-state index contributed by atoms with van der Waals surface area (Å²) in [5.41, 5.74) is 1.11. The number of sulfonamides is 1. The summed E-state index contributed by atoms with van der Waals surface area (Å²) in [7, 11) is -3.86. The number of anilines is 1. The fraction of sp³-hybridized carbons (Fsp3) is 0.167. The highest BCUT2D eigenvalue weighted by molar-refractivity contribution is 7.92. The van der Waals surface area contributed by atoms with Crippen molar-refractivity contribution >= 4 is 60.7 Å². The Labute approximate surface area is 196 Å². The minimum Gasteiger partial charge on any atom is -0.360 e. The van der Waals surface area contributed by atoms with Crippen molar-refractivity contribution < 1.29 is 18.0 Å². The molecule has 0 aliphatic rings. The molecule has 0 unspecified atom stereocenters. The van der Waals surface area contributed by atoms with Crippen LogP contribution in [0.3, 0.4) is 0 Å². The van der Waals surface area contributed by atoms with Gasteiger partial charge in [-0.05, 0) is 49.6 Å². The standard InChI is InChI=1S/C24H22ClN3O4S/c1-3-28(4-2)24(30)23(29)20-14-26-22-13-16(8-10-19(20)22)27-33(31,32)17-9-11-18-15(12-17)6-5-7-21(18)25/h5-14,26-27H,3-4H2,1-2H3. The van der Waals surface area contributed by atoms with Gasteiger partial charge in [-0.1, -0.05) is 35.9 Å². The van der Waals surface area contributed by atoms with Crippen LogP contribution < -0.4 is 4.72 Å². The first-order valence-corrected chi connectivity index (χ1v) is 12.3. The zero-order chi connectivity index (χ0) is 23.8. The summed E-state index contributed by atoms with van der Waals surface area (Å²) in [5.74, 6) is -1.17. The Morgan fingerprint density at radius 3 is 2.45 bits per heavy atom. The lowest BCUT2D eigenvalue weighted by Gasteiger charge is -2.17. The van der Waals surface area contributed by atoms with Gasteiger partial charge < -0.3 is 9.88 Å². The van der Waals surface area contributed by atoms with Crippen molar-refractivity contribution in [1.29, 1.82) is 0 Å². The van der Waals surface area contributed by atoms with Crippen LogP contribution in [0.1, 0.15) is 24.2 Å². The van der Waals surface area contributed by atoms with Gasteiger partial charge in [0.2, 0.25) is 0 Å². The van der Waals surface area contributed by atoms with Crippen LogP contribution in [0, 0.1) is 0 Å². The molecule has 1 heterocycles. The molecule has 0 aliphatic heterocycles. The number of carbonyl (C=O) groups excluding carboxylic acids is 2. The van der Waals surface area contributed by atoms with Gasteiger partial charge >= 0.3 is 0 Å². The van der Waals surface area contributed by atoms with E-state index in [0.29, 0.717) is 40.1 Å². The highest BCUT2D eigenvalue weighted by Gasteiger charge is 2.24. The number of benzene rings is 3. The molecule has 33 heavy (non-hydrogen) atoms. The van der Waals surface area contributed by atoms with Crippen LogP contribution in [0.5, 0.6) is 0 Å². The number of fused-ring (bicyclic) bond motifs is 2. The van der Waals surface area contributed by atoms with Crippen LogP contribution in [-0.4, -0.2) is 43.1 Å². The van der Waals surface area contributed by atoms with Crippen LogP contribution in [-0.2, 0) is 14.8 Å². The van der Waals surface area contributed by atoms with Gasteiger partial charge in [-0.3, -0.25) is 14.3 Å². The van der Waals surface area contributed by atoms with E-state index in [4.69, 9.17) is 11.6 Å². The van der Waals surface area contributed by atoms with E-state index in [1.807, 2.05) is 13.8 Å². The lowest BCUT2D eigenvalue weighted by atomic mass is 10.1. The summed E-state index contributed by atoms with van der Waals surface area (Å²) >= 11 is 6.17. The number of aromatic amines is 1. The van der Waals surface area contributed by atoms with Gasteiger partial charge in [0.25, 0.3) is 21.7 Å². The van der Waals surface area contributed by atoms with E-state index in [1.165, 1.54) is 17.2 Å². The van der Waals surface area contributed by atoms with E-state index >= 15 is 0 Å². The third-order valence-electron chi connectivity index (χ3n) is 5.53. The number of amides is 1. The molecule has 1 amide bonds. The van der Waals surface area contributed by atoms with Gasteiger partial charge in [-0.15, -0.1) is 0 Å². The molecule has 0 saturated carbocycles. The zero-order valence-corrected chi connectivity index (χ0v) is 19.6. The maximum Gasteiger partial charge on any atom is 0.295 e. The number of hydrogen-bond acceptors (Lipinski definition) is 4. The second-order valence-corrected chi connectivity index (χ2v) is 9.59. The molecule has 0 fully saturated rings. The summed E-state index contributed by atoms with van der Waals surface area (Å²) in [6, 6.07) is 14.8. The molecule has 0 spiro atoms. The fourth-order valence-corrected chi connectivity index (χ4v) is 5.08. The van der Waals surface area contributed by atoms with Crippen LogP contribution in [0.15, 0.2) is 65.7 Å². The Kier molecular flexibility index (Phi) is 6.14. The number of Topliss-reactive ketones (excluding diaryl/α,β-unsaturated/α-hetero) is 1. The monoisotopic (exact) mass is 483 g/mol. The predicted octanol–water partition coefficient (Wildman–Crippen LogP) is 4.83. The lowest BCUT2D eigenvalue weighted by molar-refractivity contribution is -0.126. The molecule has 3 aromatic carbocycles. The first-order chi connectivity index (χ1) is 15.7. The summed E-state index contributed by atoms with van der Waals surface area (Å²) < 4.78 is 28.5. The van der Waals surface area contributed by atoms with Gasteiger partial charge in [0.15, 0.2) is 0 Å². The second kappa shape index (κ2) is 8.88. The van der Waals surface area contributed by atoms with Crippen LogP contribution >= 0.6 is 11.6 Å². The molecular formula is C24H22ClN3O4S. The Morgan fingerprint density at radius 2 is 1.73 bits per heavy atom. The Morgan fingerprint density at radius 1 is 1.00 bits per heavy atom. The van der Waals surface area contributed by atoms with Crippen molar-refractivity contribution in [3.8, 4) is 0 Å². The average molecular weight is 484 g/mol. The van der Waals surface area contributed by atoms with Crippen molar-refractivity contribution in [2.75, 3.05) is 17.8 Å². The molecule has 4 rings (SSSR count). The molecule has 9 heteroatoms. The van der Waals surface area contributed by atoms with Crippen molar-refractivity contribution in [2.24, 2.45) is 0 Å². The van der Waals surface area contributed by atoms with E-state index in [9.17, 15) is 18.0 Å². The first kappa shape index (κ1) is 22.8. The summed E-state index contributed by atoms with van der Waals surface area (Å²) in [5, 5.41) is 2.57. The summed E-state index contributed by atoms with van der Waals surface area (Å²) in [6.07, 6.45) is 1.47. The molecule has 0 radical (unpaired) electrons. The zero-order valence-electron chi connectivity index (χ0n) is 18.1. The molecule has 0 saturated heterocycles. The number of carbonyl (C=O) groups is 2. The number of H-pyrrole nitrogens is 1. The molecule has 0 aliphatic carbocycles. The smallest absolute Gasteiger partial charge is 0.295 e. The Balaban J connectivity index is 1.62. The molecule has 4 aromatic rings. The lowest BCUT2D eigenvalue weighted by Crippen LogP contribution is -2.36. The van der Waals surface area contributed by atoms with Gasteiger partial charge in [-0.2, -0.15) is 0 Å². The molecule has 0 bridgehead atoms. The molecular weight excluding hydrogens is 462 g/mol. The van der Waals surface area contributed by atoms with E-state index in [-0.39, 0.29) is 10.5 Å². The quantitative estimate of drug-likeness (QED) is 0.290. The third-order valence-corrected chi connectivity index (χ3v) is 7.24. The van der Waals surface area contributed by atoms with E-state index in [2.05, 4.69) is 9.71 Å². The second-order valence-electron chi connectivity index (χ2n) is 7.50. The summed E-state index contributed by atoms with van der Waals surface area (Å²) in [4.78, 5) is 29.6. The Bertz CT molecular complexity index is 1490. The van der Waals surface area contributed by atoms with E-state index < -0.39 is 21.7 Å². The maximum absolute atomic E-state index is 13.0. The molecule has 170 valence electrons. The van der Waals surface area contributed by atoms with Gasteiger partial charge in [0, 0.05) is 40.6 Å². The largest absolute Gasteiger partial charge is 0.360 e. The average Bonchev–Trinajstić information content (AvgIpc) is 3.22. The number of aromatic nitrogens is 1. The first-order valence-electron chi connectivity index (χ1n) is 10.4. The van der Waals surface area contributed by atoms with Gasteiger partial charge in [0.1, 0.15) is 0 Å². The van der Waals surface area contributed by atoms with Crippen LogP contribution in [0.4, 0.5) is 5.69 Å². The molecule has 2 N–H and O–H groups in total. The van der Waals surface area contributed by atoms with Crippen LogP contribution in [0.2, 0.25) is 5.02 Å². The van der Waals surface area contributed by atoms with Crippen molar-refractivity contribution in [2.45, 2.75) is 18.7 Å². The fourth-order valence-electron chi connectivity index (χ4n) is 3.75. The van der Waals surface area contributed by atoms with E-state index in [0.717, 1.165) is 5.39 Å². The van der Waals surface area contributed by atoms with E-state index in [1.54, 1.807) is 48.5 Å². The normalized spacial score (nSPS) is 11.6. The highest BCUT2D eigenvalue weighted by atomic mass is 35.5.